The molecule has 0 spiro atoms. The van der Waals surface area contributed by atoms with Gasteiger partial charge in [-0.05, 0) is 19.8 Å². The fourth-order valence-corrected chi connectivity index (χ4v) is 3.27. The topological polar surface area (TPSA) is 103 Å². The molecule has 3 aromatic rings. The first kappa shape index (κ1) is 17.4. The van der Waals surface area contributed by atoms with Crippen molar-refractivity contribution in [2.24, 2.45) is 7.05 Å². The summed E-state index contributed by atoms with van der Waals surface area (Å²) in [6, 6.07) is 1.44. The Bertz CT molecular complexity index is 970. The molecule has 4 rings (SSSR count). The Morgan fingerprint density at radius 2 is 2.11 bits per heavy atom. The van der Waals surface area contributed by atoms with Gasteiger partial charge in [-0.3, -0.25) is 9.48 Å². The van der Waals surface area contributed by atoms with Crippen molar-refractivity contribution in [1.29, 1.82) is 0 Å². The van der Waals surface area contributed by atoms with E-state index in [1.54, 1.807) is 21.8 Å². The molecule has 1 aliphatic heterocycles. The summed E-state index contributed by atoms with van der Waals surface area (Å²) in [5, 5.41) is 12.2. The fourth-order valence-electron chi connectivity index (χ4n) is 3.27. The summed E-state index contributed by atoms with van der Waals surface area (Å²) in [5.74, 6) is 1.64. The van der Waals surface area contributed by atoms with Crippen molar-refractivity contribution in [1.82, 2.24) is 30.0 Å². The molecule has 4 heterocycles. The van der Waals surface area contributed by atoms with Gasteiger partial charge in [-0.1, -0.05) is 24.2 Å². The van der Waals surface area contributed by atoms with Crippen LogP contribution in [0.1, 0.15) is 66.5 Å². The van der Waals surface area contributed by atoms with Crippen LogP contribution in [0, 0.1) is 6.92 Å². The van der Waals surface area contributed by atoms with E-state index < -0.39 is 0 Å². The minimum atomic E-state index is -0.224. The number of hydrogen-bond acceptors (Lipinski definition) is 7. The van der Waals surface area contributed by atoms with Crippen molar-refractivity contribution in [2.75, 3.05) is 6.54 Å². The number of hydrogen-bond donors (Lipinski definition) is 0. The maximum absolute atomic E-state index is 13.0. The van der Waals surface area contributed by atoms with E-state index in [0.717, 1.165) is 24.1 Å². The molecule has 1 fully saturated rings. The Kier molecular flexibility index (Phi) is 4.29. The Hall–Kier alpha value is -2.97. The monoisotopic (exact) mass is 370 g/mol. The van der Waals surface area contributed by atoms with Crippen molar-refractivity contribution >= 4 is 5.91 Å². The maximum atomic E-state index is 13.0. The molecular weight excluding hydrogens is 348 g/mol. The zero-order valence-corrected chi connectivity index (χ0v) is 15.8. The highest BCUT2D eigenvalue weighted by Crippen LogP contribution is 2.33. The number of aromatic nitrogens is 5. The molecule has 9 nitrogen and oxygen atoms in total. The summed E-state index contributed by atoms with van der Waals surface area (Å²) in [7, 11) is 1.85. The van der Waals surface area contributed by atoms with E-state index >= 15 is 0 Å². The molecule has 27 heavy (non-hydrogen) atoms. The van der Waals surface area contributed by atoms with Gasteiger partial charge in [0.1, 0.15) is 6.04 Å². The quantitative estimate of drug-likeness (QED) is 0.695. The van der Waals surface area contributed by atoms with Gasteiger partial charge in [0, 0.05) is 31.3 Å². The van der Waals surface area contributed by atoms with E-state index in [1.165, 1.54) is 0 Å². The Morgan fingerprint density at radius 1 is 1.30 bits per heavy atom. The molecular formula is C18H22N6O3. The van der Waals surface area contributed by atoms with Crippen LogP contribution < -0.4 is 0 Å². The summed E-state index contributed by atoms with van der Waals surface area (Å²) in [4.78, 5) is 19.2. The summed E-state index contributed by atoms with van der Waals surface area (Å²) >= 11 is 0. The third-order valence-electron chi connectivity index (χ3n) is 5.00. The normalized spacial score (nSPS) is 17.2. The standard InChI is InChI=1S/C18H22N6O3/c1-10(2)16-20-17(27-22-16)14-6-5-7-24(14)18(25)13-8-15(26-21-13)12-9-19-23(4)11(12)3/h8-10,14H,5-7H2,1-4H3/t14-/m1/s1. The average molecular weight is 370 g/mol. The molecule has 0 unspecified atom stereocenters. The second-order valence-corrected chi connectivity index (χ2v) is 7.15. The van der Waals surface area contributed by atoms with Crippen molar-refractivity contribution in [2.45, 2.75) is 45.6 Å². The van der Waals surface area contributed by atoms with Gasteiger partial charge in [-0.15, -0.1) is 0 Å². The lowest BCUT2D eigenvalue weighted by Crippen LogP contribution is -2.31. The molecule has 0 saturated carbocycles. The van der Waals surface area contributed by atoms with E-state index in [1.807, 2.05) is 27.8 Å². The van der Waals surface area contributed by atoms with E-state index in [2.05, 4.69) is 20.4 Å². The summed E-state index contributed by atoms with van der Waals surface area (Å²) < 4.78 is 12.6. The van der Waals surface area contributed by atoms with Crippen LogP contribution in [0.5, 0.6) is 0 Å². The van der Waals surface area contributed by atoms with Gasteiger partial charge < -0.3 is 13.9 Å². The van der Waals surface area contributed by atoms with Crippen LogP contribution >= 0.6 is 0 Å². The lowest BCUT2D eigenvalue weighted by molar-refractivity contribution is 0.0699. The predicted molar refractivity (Wildman–Crippen MR) is 94.8 cm³/mol. The van der Waals surface area contributed by atoms with Crippen molar-refractivity contribution in [3.05, 3.63) is 35.4 Å². The van der Waals surface area contributed by atoms with Gasteiger partial charge >= 0.3 is 0 Å². The predicted octanol–water partition coefficient (Wildman–Crippen LogP) is 2.87. The zero-order chi connectivity index (χ0) is 19.1. The smallest absolute Gasteiger partial charge is 0.276 e. The van der Waals surface area contributed by atoms with Crippen molar-refractivity contribution in [3.63, 3.8) is 0 Å². The number of nitrogens with zero attached hydrogens (tertiary/aromatic N) is 6. The van der Waals surface area contributed by atoms with Crippen LogP contribution in [0.25, 0.3) is 11.3 Å². The van der Waals surface area contributed by atoms with Crippen LogP contribution in [-0.2, 0) is 7.05 Å². The molecule has 1 saturated heterocycles. The summed E-state index contributed by atoms with van der Waals surface area (Å²) in [6.45, 7) is 6.56. The maximum Gasteiger partial charge on any atom is 0.276 e. The number of amides is 1. The molecule has 1 aliphatic rings. The van der Waals surface area contributed by atoms with E-state index in [0.29, 0.717) is 24.0 Å². The molecule has 0 aromatic carbocycles. The van der Waals surface area contributed by atoms with E-state index in [9.17, 15) is 4.79 Å². The lowest BCUT2D eigenvalue weighted by Gasteiger charge is -2.20. The SMILES string of the molecule is Cc1c(-c2cc(C(=O)N3CCC[C@@H]3c3nc(C(C)C)no3)no2)cnn1C. The Morgan fingerprint density at radius 3 is 2.78 bits per heavy atom. The highest BCUT2D eigenvalue weighted by Gasteiger charge is 2.36. The first-order chi connectivity index (χ1) is 13.0. The molecule has 9 heteroatoms. The lowest BCUT2D eigenvalue weighted by atomic mass is 10.2. The van der Waals surface area contributed by atoms with Crippen LogP contribution in [-0.4, -0.2) is 42.4 Å². The summed E-state index contributed by atoms with van der Waals surface area (Å²) in [6.07, 6.45) is 3.37. The average Bonchev–Trinajstić information content (AvgIpc) is 3.42. The van der Waals surface area contributed by atoms with Crippen LogP contribution in [0.2, 0.25) is 0 Å². The molecule has 3 aromatic heterocycles. The van der Waals surface area contributed by atoms with Crippen LogP contribution in [0.4, 0.5) is 0 Å². The molecule has 0 bridgehead atoms. The van der Waals surface area contributed by atoms with Gasteiger partial charge in [0.2, 0.25) is 5.89 Å². The molecule has 142 valence electrons. The van der Waals surface area contributed by atoms with Gasteiger partial charge in [0.15, 0.2) is 17.3 Å². The van der Waals surface area contributed by atoms with Gasteiger partial charge in [-0.25, -0.2) is 0 Å². The second kappa shape index (κ2) is 6.64. The van der Waals surface area contributed by atoms with Gasteiger partial charge in [0.25, 0.3) is 5.91 Å². The van der Waals surface area contributed by atoms with Crippen molar-refractivity contribution < 1.29 is 13.8 Å². The zero-order valence-electron chi connectivity index (χ0n) is 15.8. The number of aryl methyl sites for hydroxylation is 1. The third-order valence-corrected chi connectivity index (χ3v) is 5.00. The number of rotatable bonds is 4. The number of likely N-dealkylation sites (tertiary alicyclic amines) is 1. The molecule has 0 aliphatic carbocycles. The third kappa shape index (κ3) is 3.02. The summed E-state index contributed by atoms with van der Waals surface area (Å²) in [5.41, 5.74) is 2.03. The molecule has 1 atom stereocenters. The Balaban J connectivity index is 1.57. The molecule has 1 amide bonds. The molecule has 0 radical (unpaired) electrons. The van der Waals surface area contributed by atoms with Gasteiger partial charge in [0.05, 0.1) is 11.8 Å². The van der Waals surface area contributed by atoms with Crippen LogP contribution in [0.3, 0.4) is 0 Å². The van der Waals surface area contributed by atoms with Crippen molar-refractivity contribution in [3.8, 4) is 11.3 Å². The first-order valence-corrected chi connectivity index (χ1v) is 9.06. The number of carbonyl (C=O) groups excluding carboxylic acids is 1. The minimum absolute atomic E-state index is 0.175. The Labute approximate surface area is 156 Å². The minimum Gasteiger partial charge on any atom is -0.355 e. The van der Waals surface area contributed by atoms with E-state index in [4.69, 9.17) is 9.05 Å². The molecule has 0 N–H and O–H groups in total. The van der Waals surface area contributed by atoms with Crippen LogP contribution in [0.15, 0.2) is 21.3 Å². The highest BCUT2D eigenvalue weighted by molar-refractivity contribution is 5.93. The second-order valence-electron chi connectivity index (χ2n) is 7.15. The largest absolute Gasteiger partial charge is 0.355 e. The van der Waals surface area contributed by atoms with Gasteiger partial charge in [-0.2, -0.15) is 10.1 Å². The first-order valence-electron chi connectivity index (χ1n) is 9.06. The fraction of sp³-hybridized carbons (Fsp3) is 0.500. The number of carbonyl (C=O) groups is 1. The van der Waals surface area contributed by atoms with E-state index in [-0.39, 0.29) is 23.6 Å². The highest BCUT2D eigenvalue weighted by atomic mass is 16.5.